The third-order valence-electron chi connectivity index (χ3n) is 2.94. The van der Waals surface area contributed by atoms with Gasteiger partial charge in [0.2, 0.25) is 0 Å². The van der Waals surface area contributed by atoms with E-state index in [9.17, 15) is 4.79 Å². The normalized spacial score (nSPS) is 16.9. The molecule has 1 aromatic heterocycles. The predicted molar refractivity (Wildman–Crippen MR) is 64.0 cm³/mol. The molecule has 5 heteroatoms. The van der Waals surface area contributed by atoms with E-state index in [4.69, 9.17) is 4.74 Å². The highest BCUT2D eigenvalue weighted by molar-refractivity contribution is 7.17. The standard InChI is InChI=1S/C11H16N2O2S/c1-7-8(9(14)15-3)16-10(13-7)12-6-11(2)4-5-11/h4-6H2,1-3H3,(H,12,13). The molecule has 2 rings (SSSR count). The Hall–Kier alpha value is -1.10. The SMILES string of the molecule is COC(=O)c1sc(NCC2(C)CC2)nc1C. The maximum atomic E-state index is 11.4. The molecule has 0 amide bonds. The summed E-state index contributed by atoms with van der Waals surface area (Å²) in [6, 6.07) is 0. The number of carbonyl (C=O) groups excluding carboxylic acids is 1. The molecule has 0 spiro atoms. The van der Waals surface area contributed by atoms with Gasteiger partial charge in [-0.3, -0.25) is 0 Å². The van der Waals surface area contributed by atoms with Crippen LogP contribution in [0, 0.1) is 12.3 Å². The highest BCUT2D eigenvalue weighted by atomic mass is 32.1. The quantitative estimate of drug-likeness (QED) is 0.821. The highest BCUT2D eigenvalue weighted by Gasteiger charge is 2.37. The molecule has 0 atom stereocenters. The Morgan fingerprint density at radius 2 is 2.31 bits per heavy atom. The van der Waals surface area contributed by atoms with Crippen molar-refractivity contribution in [2.45, 2.75) is 26.7 Å². The fourth-order valence-corrected chi connectivity index (χ4v) is 2.31. The molecule has 88 valence electrons. The van der Waals surface area contributed by atoms with Crippen LogP contribution in [0.1, 0.15) is 35.1 Å². The second kappa shape index (κ2) is 4.05. The number of rotatable bonds is 4. The van der Waals surface area contributed by atoms with Gasteiger partial charge in [-0.05, 0) is 25.2 Å². The summed E-state index contributed by atoms with van der Waals surface area (Å²) in [6.07, 6.45) is 2.54. The molecule has 0 radical (unpaired) electrons. The summed E-state index contributed by atoms with van der Waals surface area (Å²) < 4.78 is 4.69. The lowest BCUT2D eigenvalue weighted by Gasteiger charge is -2.07. The first-order valence-corrected chi connectivity index (χ1v) is 6.15. The molecule has 1 heterocycles. The Bertz CT molecular complexity index is 410. The van der Waals surface area contributed by atoms with Gasteiger partial charge in [0.15, 0.2) is 5.13 Å². The monoisotopic (exact) mass is 240 g/mol. The summed E-state index contributed by atoms with van der Waals surface area (Å²) in [4.78, 5) is 16.3. The zero-order valence-electron chi connectivity index (χ0n) is 9.79. The lowest BCUT2D eigenvalue weighted by atomic mass is 10.1. The Kier molecular flexibility index (Phi) is 2.88. The first kappa shape index (κ1) is 11.4. The largest absolute Gasteiger partial charge is 0.465 e. The van der Waals surface area contributed by atoms with E-state index in [0.717, 1.165) is 17.4 Å². The summed E-state index contributed by atoms with van der Waals surface area (Å²) in [6.45, 7) is 5.01. The van der Waals surface area contributed by atoms with Crippen LogP contribution in [0.15, 0.2) is 0 Å². The van der Waals surface area contributed by atoms with E-state index >= 15 is 0 Å². The number of nitrogens with one attached hydrogen (secondary N) is 1. The number of ether oxygens (including phenoxy) is 1. The lowest BCUT2D eigenvalue weighted by molar-refractivity contribution is 0.0605. The van der Waals surface area contributed by atoms with Gasteiger partial charge in [0.05, 0.1) is 12.8 Å². The van der Waals surface area contributed by atoms with Gasteiger partial charge in [-0.2, -0.15) is 0 Å². The molecule has 0 aliphatic heterocycles. The van der Waals surface area contributed by atoms with Crippen LogP contribution in [-0.4, -0.2) is 24.6 Å². The van der Waals surface area contributed by atoms with Gasteiger partial charge >= 0.3 is 5.97 Å². The zero-order valence-corrected chi connectivity index (χ0v) is 10.6. The van der Waals surface area contributed by atoms with Crippen LogP contribution in [0.4, 0.5) is 5.13 Å². The molecule has 0 aromatic carbocycles. The molecule has 4 nitrogen and oxygen atoms in total. The number of aromatic nitrogens is 1. The number of aryl methyl sites for hydroxylation is 1. The Balaban J connectivity index is 2.02. The molecule has 0 unspecified atom stereocenters. The van der Waals surface area contributed by atoms with E-state index in [1.807, 2.05) is 6.92 Å². The third kappa shape index (κ3) is 2.35. The molecule has 1 aliphatic rings. The van der Waals surface area contributed by atoms with Crippen LogP contribution >= 0.6 is 11.3 Å². The van der Waals surface area contributed by atoms with Crippen molar-refractivity contribution < 1.29 is 9.53 Å². The zero-order chi connectivity index (χ0) is 11.8. The summed E-state index contributed by atoms with van der Waals surface area (Å²) in [5, 5.41) is 4.10. The number of carbonyl (C=O) groups is 1. The number of methoxy groups -OCH3 is 1. The molecular weight excluding hydrogens is 224 g/mol. The summed E-state index contributed by atoms with van der Waals surface area (Å²) in [5.41, 5.74) is 1.17. The second-order valence-electron chi connectivity index (χ2n) is 4.59. The topological polar surface area (TPSA) is 51.2 Å². The summed E-state index contributed by atoms with van der Waals surface area (Å²) in [5.74, 6) is -0.305. The predicted octanol–water partition coefficient (Wildman–Crippen LogP) is 2.45. The average molecular weight is 240 g/mol. The van der Waals surface area contributed by atoms with Crippen molar-refractivity contribution in [1.29, 1.82) is 0 Å². The van der Waals surface area contributed by atoms with Gasteiger partial charge in [0, 0.05) is 6.54 Å². The van der Waals surface area contributed by atoms with Gasteiger partial charge in [-0.15, -0.1) is 0 Å². The van der Waals surface area contributed by atoms with E-state index in [0.29, 0.717) is 10.3 Å². The minimum absolute atomic E-state index is 0.305. The third-order valence-corrected chi connectivity index (χ3v) is 4.03. The van der Waals surface area contributed by atoms with Crippen LogP contribution in [0.3, 0.4) is 0 Å². The number of nitrogens with zero attached hydrogens (tertiary/aromatic N) is 1. The molecule has 1 aromatic rings. The van der Waals surface area contributed by atoms with Crippen molar-refractivity contribution in [2.24, 2.45) is 5.41 Å². The number of thiazole rings is 1. The fraction of sp³-hybridized carbons (Fsp3) is 0.636. The van der Waals surface area contributed by atoms with Gasteiger partial charge in [-0.1, -0.05) is 18.3 Å². The first-order chi connectivity index (χ1) is 7.54. The summed E-state index contributed by atoms with van der Waals surface area (Å²) >= 11 is 1.36. The van der Waals surface area contributed by atoms with E-state index < -0.39 is 0 Å². The Labute approximate surface area is 99.0 Å². The maximum Gasteiger partial charge on any atom is 0.350 e. The van der Waals surface area contributed by atoms with Crippen molar-refractivity contribution in [3.05, 3.63) is 10.6 Å². The lowest BCUT2D eigenvalue weighted by Crippen LogP contribution is -2.11. The van der Waals surface area contributed by atoms with Crippen LogP contribution in [-0.2, 0) is 4.74 Å². The number of anilines is 1. The number of esters is 1. The van der Waals surface area contributed by atoms with Crippen LogP contribution < -0.4 is 5.32 Å². The Morgan fingerprint density at radius 1 is 1.62 bits per heavy atom. The van der Waals surface area contributed by atoms with Gasteiger partial charge in [-0.25, -0.2) is 9.78 Å². The number of hydrogen-bond donors (Lipinski definition) is 1. The van der Waals surface area contributed by atoms with Crippen LogP contribution in [0.25, 0.3) is 0 Å². The molecule has 1 aliphatic carbocycles. The summed E-state index contributed by atoms with van der Waals surface area (Å²) in [7, 11) is 1.39. The average Bonchev–Trinajstić information content (AvgIpc) is 2.87. The van der Waals surface area contributed by atoms with Crippen molar-refractivity contribution >= 4 is 22.4 Å². The van der Waals surface area contributed by atoms with Crippen molar-refractivity contribution in [3.63, 3.8) is 0 Å². The molecule has 0 saturated heterocycles. The van der Waals surface area contributed by atoms with Crippen molar-refractivity contribution in [3.8, 4) is 0 Å². The molecule has 1 N–H and O–H groups in total. The fourth-order valence-electron chi connectivity index (χ4n) is 1.43. The molecule has 1 fully saturated rings. The second-order valence-corrected chi connectivity index (χ2v) is 5.59. The molecule has 1 saturated carbocycles. The molecular formula is C11H16N2O2S. The van der Waals surface area contributed by atoms with E-state index in [1.54, 1.807) is 0 Å². The minimum atomic E-state index is -0.305. The van der Waals surface area contributed by atoms with Gasteiger partial charge in [0.25, 0.3) is 0 Å². The van der Waals surface area contributed by atoms with Crippen molar-refractivity contribution in [1.82, 2.24) is 4.98 Å². The van der Waals surface area contributed by atoms with E-state index in [1.165, 1.54) is 31.3 Å². The molecule has 16 heavy (non-hydrogen) atoms. The first-order valence-electron chi connectivity index (χ1n) is 5.34. The highest BCUT2D eigenvalue weighted by Crippen LogP contribution is 2.44. The van der Waals surface area contributed by atoms with E-state index in [-0.39, 0.29) is 5.97 Å². The van der Waals surface area contributed by atoms with Crippen LogP contribution in [0.5, 0.6) is 0 Å². The van der Waals surface area contributed by atoms with Crippen LogP contribution in [0.2, 0.25) is 0 Å². The minimum Gasteiger partial charge on any atom is -0.465 e. The Morgan fingerprint density at radius 3 is 2.88 bits per heavy atom. The smallest absolute Gasteiger partial charge is 0.350 e. The maximum absolute atomic E-state index is 11.4. The molecule has 0 bridgehead atoms. The number of hydrogen-bond acceptors (Lipinski definition) is 5. The van der Waals surface area contributed by atoms with E-state index in [2.05, 4.69) is 17.2 Å². The van der Waals surface area contributed by atoms with Gasteiger partial charge in [0.1, 0.15) is 4.88 Å². The van der Waals surface area contributed by atoms with Crippen molar-refractivity contribution in [2.75, 3.05) is 19.0 Å². The van der Waals surface area contributed by atoms with Gasteiger partial charge < -0.3 is 10.1 Å².